The zero-order valence-electron chi connectivity index (χ0n) is 19.2. The molecule has 0 fully saturated rings. The standard InChI is InChI=1S/C25H52O2/c1-4-6-8-10-11-12-13-14-15-16-17-19-21-25(27-23-22-26)24(3)20-18-9-7-5-2/h24-26H,4-23H2,1-3H3. The van der Waals surface area contributed by atoms with Crippen LogP contribution in [-0.4, -0.2) is 24.4 Å². The highest BCUT2D eigenvalue weighted by molar-refractivity contribution is 4.67. The van der Waals surface area contributed by atoms with Crippen LogP contribution in [0.15, 0.2) is 0 Å². The second kappa shape index (κ2) is 22.2. The van der Waals surface area contributed by atoms with Crippen molar-refractivity contribution in [2.45, 2.75) is 142 Å². The number of ether oxygens (including phenoxy) is 1. The molecule has 2 heteroatoms. The first-order chi connectivity index (χ1) is 13.3. The molecular formula is C25H52O2. The fraction of sp³-hybridized carbons (Fsp3) is 1.00. The van der Waals surface area contributed by atoms with Crippen LogP contribution in [0.3, 0.4) is 0 Å². The monoisotopic (exact) mass is 384 g/mol. The molecule has 0 spiro atoms. The van der Waals surface area contributed by atoms with E-state index in [0.29, 0.717) is 18.6 Å². The van der Waals surface area contributed by atoms with Gasteiger partial charge in [0.05, 0.1) is 19.3 Å². The van der Waals surface area contributed by atoms with Crippen LogP contribution in [0.4, 0.5) is 0 Å². The van der Waals surface area contributed by atoms with Crippen LogP contribution in [0.25, 0.3) is 0 Å². The van der Waals surface area contributed by atoms with E-state index in [1.165, 1.54) is 116 Å². The number of hydrogen-bond acceptors (Lipinski definition) is 2. The normalized spacial score (nSPS) is 13.8. The lowest BCUT2D eigenvalue weighted by atomic mass is 9.93. The summed E-state index contributed by atoms with van der Waals surface area (Å²) >= 11 is 0. The Hall–Kier alpha value is -0.0800. The van der Waals surface area contributed by atoms with Crippen LogP contribution in [-0.2, 0) is 4.74 Å². The Labute approximate surface area is 171 Å². The summed E-state index contributed by atoms with van der Waals surface area (Å²) in [6.07, 6.45) is 24.9. The molecule has 2 atom stereocenters. The number of hydrogen-bond donors (Lipinski definition) is 1. The van der Waals surface area contributed by atoms with Gasteiger partial charge in [-0.05, 0) is 18.8 Å². The molecule has 2 unspecified atom stereocenters. The Balaban J connectivity index is 3.63. The molecule has 0 rings (SSSR count). The van der Waals surface area contributed by atoms with Crippen molar-refractivity contribution in [1.29, 1.82) is 0 Å². The third-order valence-corrected chi connectivity index (χ3v) is 5.91. The van der Waals surface area contributed by atoms with E-state index in [0.717, 1.165) is 0 Å². The molecule has 0 aliphatic heterocycles. The van der Waals surface area contributed by atoms with E-state index in [4.69, 9.17) is 9.84 Å². The zero-order chi connectivity index (χ0) is 20.0. The Morgan fingerprint density at radius 3 is 1.48 bits per heavy atom. The summed E-state index contributed by atoms with van der Waals surface area (Å²) in [5.74, 6) is 0.626. The van der Waals surface area contributed by atoms with Gasteiger partial charge in [0.1, 0.15) is 0 Å². The fourth-order valence-electron chi connectivity index (χ4n) is 4.00. The zero-order valence-corrected chi connectivity index (χ0v) is 19.2. The smallest absolute Gasteiger partial charge is 0.0701 e. The molecule has 0 saturated carbocycles. The summed E-state index contributed by atoms with van der Waals surface area (Å²) in [6.45, 7) is 7.55. The van der Waals surface area contributed by atoms with E-state index >= 15 is 0 Å². The highest BCUT2D eigenvalue weighted by Gasteiger charge is 2.17. The molecule has 1 N–H and O–H groups in total. The first kappa shape index (κ1) is 26.9. The summed E-state index contributed by atoms with van der Waals surface area (Å²) in [4.78, 5) is 0. The first-order valence-electron chi connectivity index (χ1n) is 12.5. The summed E-state index contributed by atoms with van der Waals surface area (Å²) in [6, 6.07) is 0. The second-order valence-electron chi connectivity index (χ2n) is 8.64. The van der Waals surface area contributed by atoms with Crippen molar-refractivity contribution in [3.8, 4) is 0 Å². The lowest BCUT2D eigenvalue weighted by molar-refractivity contribution is -0.00959. The fourth-order valence-corrected chi connectivity index (χ4v) is 4.00. The topological polar surface area (TPSA) is 29.5 Å². The maximum absolute atomic E-state index is 9.09. The van der Waals surface area contributed by atoms with E-state index in [9.17, 15) is 0 Å². The van der Waals surface area contributed by atoms with Crippen molar-refractivity contribution in [1.82, 2.24) is 0 Å². The van der Waals surface area contributed by atoms with Crippen LogP contribution in [0.1, 0.15) is 136 Å². The number of aliphatic hydroxyl groups excluding tert-OH is 1. The molecule has 0 aromatic rings. The van der Waals surface area contributed by atoms with Gasteiger partial charge in [-0.15, -0.1) is 0 Å². The van der Waals surface area contributed by atoms with Crippen molar-refractivity contribution < 1.29 is 9.84 Å². The molecule has 0 aromatic heterocycles. The van der Waals surface area contributed by atoms with Crippen molar-refractivity contribution >= 4 is 0 Å². The Morgan fingerprint density at radius 2 is 1.00 bits per heavy atom. The van der Waals surface area contributed by atoms with Crippen molar-refractivity contribution in [2.75, 3.05) is 13.2 Å². The number of unbranched alkanes of at least 4 members (excludes halogenated alkanes) is 14. The molecular weight excluding hydrogens is 332 g/mol. The maximum atomic E-state index is 9.09. The molecule has 27 heavy (non-hydrogen) atoms. The maximum Gasteiger partial charge on any atom is 0.0701 e. The molecule has 0 aliphatic carbocycles. The lowest BCUT2D eigenvalue weighted by Gasteiger charge is -2.24. The molecule has 164 valence electrons. The highest BCUT2D eigenvalue weighted by Crippen LogP contribution is 2.22. The van der Waals surface area contributed by atoms with Gasteiger partial charge >= 0.3 is 0 Å². The molecule has 2 nitrogen and oxygen atoms in total. The predicted molar refractivity (Wildman–Crippen MR) is 120 cm³/mol. The van der Waals surface area contributed by atoms with Crippen molar-refractivity contribution in [3.63, 3.8) is 0 Å². The van der Waals surface area contributed by atoms with Crippen LogP contribution in [0, 0.1) is 5.92 Å². The van der Waals surface area contributed by atoms with E-state index in [1.807, 2.05) is 0 Å². The second-order valence-corrected chi connectivity index (χ2v) is 8.64. The van der Waals surface area contributed by atoms with Crippen LogP contribution in [0.5, 0.6) is 0 Å². The molecule has 0 radical (unpaired) electrons. The third kappa shape index (κ3) is 19.0. The van der Waals surface area contributed by atoms with Gasteiger partial charge in [-0.2, -0.15) is 0 Å². The Kier molecular flexibility index (Phi) is 22.1. The van der Waals surface area contributed by atoms with Gasteiger partial charge in [-0.25, -0.2) is 0 Å². The summed E-state index contributed by atoms with van der Waals surface area (Å²) in [5, 5.41) is 9.09. The molecule has 0 aromatic carbocycles. The lowest BCUT2D eigenvalue weighted by Crippen LogP contribution is -2.23. The van der Waals surface area contributed by atoms with Crippen molar-refractivity contribution in [2.24, 2.45) is 5.92 Å². The van der Waals surface area contributed by atoms with Crippen LogP contribution in [0.2, 0.25) is 0 Å². The first-order valence-corrected chi connectivity index (χ1v) is 12.5. The van der Waals surface area contributed by atoms with Gasteiger partial charge in [-0.3, -0.25) is 0 Å². The predicted octanol–water partition coefficient (Wildman–Crippen LogP) is 8.06. The van der Waals surface area contributed by atoms with E-state index < -0.39 is 0 Å². The quantitative estimate of drug-likeness (QED) is 0.191. The Morgan fingerprint density at radius 1 is 0.593 bits per heavy atom. The van der Waals surface area contributed by atoms with E-state index in [1.54, 1.807) is 0 Å². The average Bonchev–Trinajstić information content (AvgIpc) is 2.68. The van der Waals surface area contributed by atoms with Crippen molar-refractivity contribution in [3.05, 3.63) is 0 Å². The molecule has 0 amide bonds. The molecule has 0 aliphatic rings. The minimum absolute atomic E-state index is 0.150. The summed E-state index contributed by atoms with van der Waals surface area (Å²) < 4.78 is 5.96. The van der Waals surface area contributed by atoms with Crippen LogP contribution < -0.4 is 0 Å². The van der Waals surface area contributed by atoms with E-state index in [2.05, 4.69) is 20.8 Å². The van der Waals surface area contributed by atoms with Gasteiger partial charge in [-0.1, -0.05) is 124 Å². The van der Waals surface area contributed by atoms with Gasteiger partial charge in [0, 0.05) is 0 Å². The molecule has 0 heterocycles. The number of aliphatic hydroxyl groups is 1. The minimum atomic E-state index is 0.150. The van der Waals surface area contributed by atoms with Gasteiger partial charge in [0.2, 0.25) is 0 Å². The average molecular weight is 385 g/mol. The third-order valence-electron chi connectivity index (χ3n) is 5.91. The number of rotatable bonds is 22. The Bertz CT molecular complexity index is 267. The summed E-state index contributed by atoms with van der Waals surface area (Å²) in [7, 11) is 0. The highest BCUT2D eigenvalue weighted by atomic mass is 16.5. The molecule has 0 bridgehead atoms. The van der Waals surface area contributed by atoms with E-state index in [-0.39, 0.29) is 6.61 Å². The van der Waals surface area contributed by atoms with Crippen LogP contribution >= 0.6 is 0 Å². The molecule has 0 saturated heterocycles. The van der Waals surface area contributed by atoms with Gasteiger partial charge < -0.3 is 9.84 Å². The largest absolute Gasteiger partial charge is 0.394 e. The summed E-state index contributed by atoms with van der Waals surface area (Å²) in [5.41, 5.74) is 0. The van der Waals surface area contributed by atoms with Gasteiger partial charge in [0.15, 0.2) is 0 Å². The SMILES string of the molecule is CCCCCCCCCCCCCCC(OCCO)C(C)CCCCCC. The minimum Gasteiger partial charge on any atom is -0.394 e. The van der Waals surface area contributed by atoms with Gasteiger partial charge in [0.25, 0.3) is 0 Å².